The van der Waals surface area contributed by atoms with Crippen LogP contribution in [-0.2, 0) is 0 Å². The van der Waals surface area contributed by atoms with E-state index in [1.54, 1.807) is 0 Å². The number of aromatic nitrogens is 2. The van der Waals surface area contributed by atoms with Crippen molar-refractivity contribution in [3.63, 3.8) is 0 Å². The van der Waals surface area contributed by atoms with Gasteiger partial charge < -0.3 is 0 Å². The fraction of sp³-hybridized carbons (Fsp3) is 0.429. The minimum absolute atomic E-state index is 0.0509. The van der Waals surface area contributed by atoms with E-state index >= 15 is 0 Å². The molecule has 1 aromatic heterocycles. The van der Waals surface area contributed by atoms with Crippen molar-refractivity contribution >= 4 is 0 Å². The van der Waals surface area contributed by atoms with Crippen LogP contribution in [0, 0.1) is 0 Å². The molecule has 0 N–H and O–H groups in total. The minimum atomic E-state index is -4.24. The zero-order valence-corrected chi connectivity index (χ0v) is 6.34. The third kappa shape index (κ3) is 1.93. The molecule has 1 rings (SSSR count). The lowest BCUT2D eigenvalue weighted by Crippen LogP contribution is -2.18. The predicted octanol–water partition coefficient (Wildman–Crippen LogP) is 2.14. The Morgan fingerprint density at radius 1 is 1.33 bits per heavy atom. The van der Waals surface area contributed by atoms with Gasteiger partial charge in [0.15, 0.2) is 0 Å². The lowest BCUT2D eigenvalue weighted by molar-refractivity contribution is -0.147. The monoisotopic (exact) mass is 176 g/mol. The molecule has 0 spiro atoms. The highest BCUT2D eigenvalue weighted by molar-refractivity contribution is 5.04. The maximum absolute atomic E-state index is 12.1. The Kier molecular flexibility index (Phi) is 2.30. The van der Waals surface area contributed by atoms with E-state index in [0.717, 1.165) is 13.1 Å². The van der Waals surface area contributed by atoms with Crippen LogP contribution < -0.4 is 0 Å². The van der Waals surface area contributed by atoms with Gasteiger partial charge in [0.25, 0.3) is 0 Å². The molecule has 1 atom stereocenters. The lowest BCUT2D eigenvalue weighted by atomic mass is 10.1. The Morgan fingerprint density at radius 3 is 2.42 bits per heavy atom. The molecule has 0 bridgehead atoms. The summed E-state index contributed by atoms with van der Waals surface area (Å²) in [5.74, 6) is -1.55. The second kappa shape index (κ2) is 3.08. The quantitative estimate of drug-likeness (QED) is 0.655. The molecule has 0 fully saturated rings. The molecule has 12 heavy (non-hydrogen) atoms. The van der Waals surface area contributed by atoms with Crippen molar-refractivity contribution < 1.29 is 13.2 Å². The molecule has 5 heteroatoms. The van der Waals surface area contributed by atoms with Crippen molar-refractivity contribution in [2.24, 2.45) is 0 Å². The average Bonchev–Trinajstić information content (AvgIpc) is 2.03. The Hall–Kier alpha value is -1.13. The van der Waals surface area contributed by atoms with E-state index in [-0.39, 0.29) is 5.69 Å². The van der Waals surface area contributed by atoms with E-state index in [0.29, 0.717) is 0 Å². The SMILES string of the molecule is C[C@@H](c1cnccn1)C(F)(F)F. The average molecular weight is 176 g/mol. The maximum Gasteiger partial charge on any atom is 0.397 e. The molecule has 0 aliphatic carbocycles. The zero-order valence-electron chi connectivity index (χ0n) is 6.34. The normalized spacial score (nSPS) is 14.3. The van der Waals surface area contributed by atoms with Gasteiger partial charge in [-0.1, -0.05) is 0 Å². The third-order valence-electron chi connectivity index (χ3n) is 1.52. The largest absolute Gasteiger partial charge is 0.397 e. The molecule has 0 saturated heterocycles. The van der Waals surface area contributed by atoms with Crippen molar-refractivity contribution in [1.82, 2.24) is 9.97 Å². The fourth-order valence-corrected chi connectivity index (χ4v) is 0.702. The first-order chi connectivity index (χ1) is 5.52. The predicted molar refractivity (Wildman–Crippen MR) is 36.5 cm³/mol. The number of hydrogen-bond acceptors (Lipinski definition) is 2. The van der Waals surface area contributed by atoms with E-state index < -0.39 is 12.1 Å². The molecule has 0 radical (unpaired) electrons. The van der Waals surface area contributed by atoms with Gasteiger partial charge in [-0.3, -0.25) is 9.97 Å². The topological polar surface area (TPSA) is 25.8 Å². The van der Waals surface area contributed by atoms with Crippen LogP contribution >= 0.6 is 0 Å². The van der Waals surface area contributed by atoms with Crippen molar-refractivity contribution in [1.29, 1.82) is 0 Å². The highest BCUT2D eigenvalue weighted by Crippen LogP contribution is 2.32. The first-order valence-electron chi connectivity index (χ1n) is 3.34. The Bertz CT molecular complexity index is 245. The van der Waals surface area contributed by atoms with Gasteiger partial charge in [-0.15, -0.1) is 0 Å². The van der Waals surface area contributed by atoms with Crippen LogP contribution in [0.4, 0.5) is 13.2 Å². The van der Waals surface area contributed by atoms with Gasteiger partial charge in [-0.25, -0.2) is 0 Å². The van der Waals surface area contributed by atoms with Gasteiger partial charge in [0, 0.05) is 18.6 Å². The summed E-state index contributed by atoms with van der Waals surface area (Å²) in [6, 6.07) is 0. The summed E-state index contributed by atoms with van der Waals surface area (Å²) in [4.78, 5) is 7.12. The molecule has 0 saturated carbocycles. The molecule has 2 nitrogen and oxygen atoms in total. The first-order valence-corrected chi connectivity index (χ1v) is 3.34. The molecular formula is C7H7F3N2. The third-order valence-corrected chi connectivity index (χ3v) is 1.52. The number of rotatable bonds is 1. The summed E-state index contributed by atoms with van der Waals surface area (Å²) in [7, 11) is 0. The van der Waals surface area contributed by atoms with Crippen LogP contribution in [0.25, 0.3) is 0 Å². The molecule has 0 unspecified atom stereocenters. The van der Waals surface area contributed by atoms with E-state index in [4.69, 9.17) is 0 Å². The highest BCUT2D eigenvalue weighted by atomic mass is 19.4. The minimum Gasteiger partial charge on any atom is -0.261 e. The van der Waals surface area contributed by atoms with Gasteiger partial charge in [0.1, 0.15) is 0 Å². The molecule has 0 aliphatic heterocycles. The fourth-order valence-electron chi connectivity index (χ4n) is 0.702. The molecule has 1 heterocycles. The van der Waals surface area contributed by atoms with Gasteiger partial charge in [0.2, 0.25) is 0 Å². The Labute approximate surface area is 67.5 Å². The van der Waals surface area contributed by atoms with Crippen LogP contribution in [-0.4, -0.2) is 16.1 Å². The zero-order chi connectivity index (χ0) is 9.19. The summed E-state index contributed by atoms with van der Waals surface area (Å²) in [6.45, 7) is 1.06. The second-order valence-corrected chi connectivity index (χ2v) is 2.39. The van der Waals surface area contributed by atoms with E-state index in [1.165, 1.54) is 12.4 Å². The molecule has 0 aromatic carbocycles. The molecule has 1 aromatic rings. The second-order valence-electron chi connectivity index (χ2n) is 2.39. The van der Waals surface area contributed by atoms with Crippen LogP contribution in [0.15, 0.2) is 18.6 Å². The van der Waals surface area contributed by atoms with Crippen LogP contribution in [0.1, 0.15) is 18.5 Å². The standard InChI is InChI=1S/C7H7F3N2/c1-5(7(8,9)10)6-4-11-2-3-12-6/h2-5H,1H3/t5-/m0/s1. The molecule has 0 amide bonds. The smallest absolute Gasteiger partial charge is 0.261 e. The lowest BCUT2D eigenvalue weighted by Gasteiger charge is -2.13. The maximum atomic E-state index is 12.1. The van der Waals surface area contributed by atoms with Gasteiger partial charge in [-0.2, -0.15) is 13.2 Å². The van der Waals surface area contributed by atoms with Crippen LogP contribution in [0.2, 0.25) is 0 Å². The number of alkyl halides is 3. The number of halogens is 3. The molecular weight excluding hydrogens is 169 g/mol. The van der Waals surface area contributed by atoms with E-state index in [2.05, 4.69) is 9.97 Å². The van der Waals surface area contributed by atoms with Crippen molar-refractivity contribution in [2.75, 3.05) is 0 Å². The van der Waals surface area contributed by atoms with Crippen molar-refractivity contribution in [3.8, 4) is 0 Å². The summed E-state index contributed by atoms with van der Waals surface area (Å²) in [6.07, 6.45) is -0.529. The van der Waals surface area contributed by atoms with Crippen molar-refractivity contribution in [2.45, 2.75) is 19.0 Å². The van der Waals surface area contributed by atoms with Crippen molar-refractivity contribution in [3.05, 3.63) is 24.3 Å². The van der Waals surface area contributed by atoms with Crippen LogP contribution in [0.5, 0.6) is 0 Å². The van der Waals surface area contributed by atoms with E-state index in [1.807, 2.05) is 0 Å². The van der Waals surface area contributed by atoms with Crippen LogP contribution in [0.3, 0.4) is 0 Å². The number of hydrogen-bond donors (Lipinski definition) is 0. The summed E-state index contributed by atoms with van der Waals surface area (Å²) in [5, 5.41) is 0. The Morgan fingerprint density at radius 2 is 2.00 bits per heavy atom. The molecule has 66 valence electrons. The number of nitrogens with zero attached hydrogens (tertiary/aromatic N) is 2. The summed E-state index contributed by atoms with van der Waals surface area (Å²) >= 11 is 0. The summed E-state index contributed by atoms with van der Waals surface area (Å²) in [5.41, 5.74) is -0.0509. The van der Waals surface area contributed by atoms with E-state index in [9.17, 15) is 13.2 Å². The van der Waals surface area contributed by atoms with Gasteiger partial charge in [-0.05, 0) is 6.92 Å². The van der Waals surface area contributed by atoms with Gasteiger partial charge in [0.05, 0.1) is 11.6 Å². The first kappa shape index (κ1) is 8.96. The van der Waals surface area contributed by atoms with Gasteiger partial charge >= 0.3 is 6.18 Å². The Balaban J connectivity index is 2.86. The summed E-state index contributed by atoms with van der Waals surface area (Å²) < 4.78 is 36.2. The highest BCUT2D eigenvalue weighted by Gasteiger charge is 2.37. The molecule has 0 aliphatic rings.